The molecular weight excluding hydrogens is 383 g/mol. The molecule has 1 aliphatic rings. The molecule has 1 saturated heterocycles. The molecule has 2 aromatic rings. The number of aryl methyl sites for hydroxylation is 1. The fraction of sp³-hybridized carbons (Fsp3) is 0.500. The van der Waals surface area contributed by atoms with Crippen molar-refractivity contribution in [1.29, 1.82) is 0 Å². The van der Waals surface area contributed by atoms with E-state index in [0.717, 1.165) is 31.0 Å². The number of hydrogen-bond acceptors (Lipinski definition) is 3. The number of likely N-dealkylation sites (tertiary alicyclic amines) is 1. The van der Waals surface area contributed by atoms with Gasteiger partial charge in [0.2, 0.25) is 0 Å². The monoisotopic (exact) mass is 409 g/mol. The molecule has 1 fully saturated rings. The number of aromatic nitrogens is 2. The highest BCUT2D eigenvalue weighted by Gasteiger charge is 2.28. The number of halogens is 3. The Morgan fingerprint density at radius 3 is 2.62 bits per heavy atom. The topological polar surface area (TPSA) is 54.7 Å². The van der Waals surface area contributed by atoms with Gasteiger partial charge in [-0.25, -0.2) is 0 Å². The van der Waals surface area contributed by atoms with Crippen LogP contribution in [0.1, 0.15) is 29.0 Å². The van der Waals surface area contributed by atoms with Crippen molar-refractivity contribution in [2.45, 2.75) is 31.7 Å². The zero-order chi connectivity index (χ0) is 20.9. The molecule has 0 bridgehead atoms. The van der Waals surface area contributed by atoms with Gasteiger partial charge in [0, 0.05) is 45.8 Å². The van der Waals surface area contributed by atoms with Crippen molar-refractivity contribution in [3.05, 3.63) is 53.3 Å². The minimum absolute atomic E-state index is 0.0571. The highest BCUT2D eigenvalue weighted by Crippen LogP contribution is 2.26. The first-order valence-electron chi connectivity index (χ1n) is 9.50. The average molecular weight is 409 g/mol. The van der Waals surface area contributed by atoms with Crippen LogP contribution in [0.15, 0.2) is 41.7 Å². The zero-order valence-electron chi connectivity index (χ0n) is 16.6. The summed E-state index contributed by atoms with van der Waals surface area (Å²) < 4.78 is 42.9. The van der Waals surface area contributed by atoms with Crippen LogP contribution in [0.4, 0.5) is 13.2 Å². The number of hydrogen-bond donors (Lipinski definition) is 1. The molecule has 1 aromatic carbocycles. The average Bonchev–Trinajstić information content (AvgIpc) is 3.32. The number of nitrogens with zero attached hydrogens (tertiary/aromatic N) is 4. The smallest absolute Gasteiger partial charge is 0.367 e. The molecule has 1 aromatic heterocycles. The van der Waals surface area contributed by atoms with Crippen molar-refractivity contribution in [3.63, 3.8) is 0 Å². The van der Waals surface area contributed by atoms with Crippen LogP contribution in [0.25, 0.3) is 0 Å². The quantitative estimate of drug-likeness (QED) is 0.589. The predicted molar refractivity (Wildman–Crippen MR) is 104 cm³/mol. The summed E-state index contributed by atoms with van der Waals surface area (Å²) in [5.74, 6) is 1.28. The van der Waals surface area contributed by atoms with Gasteiger partial charge in [0.25, 0.3) is 0 Å². The van der Waals surface area contributed by atoms with Crippen LogP contribution < -0.4 is 5.32 Å². The summed E-state index contributed by atoms with van der Waals surface area (Å²) in [6, 6.07) is 7.33. The first-order chi connectivity index (χ1) is 13.8. The van der Waals surface area contributed by atoms with E-state index in [0.29, 0.717) is 18.0 Å². The molecule has 0 radical (unpaired) electrons. The van der Waals surface area contributed by atoms with E-state index in [1.807, 2.05) is 30.1 Å². The standard InChI is InChI=1S/C20H26F3N5O/c1-24-19(28-8-7-17(12-28)18-10-26-27(2)11-18)25-9-15-3-5-16(6-4-15)13-29-14-20(21,22)23/h3-6,10-11,17H,7-9,12-14H2,1-2H3,(H,24,25). The van der Waals surface area contributed by atoms with Crippen molar-refractivity contribution >= 4 is 5.96 Å². The molecule has 0 spiro atoms. The molecule has 0 saturated carbocycles. The maximum absolute atomic E-state index is 12.1. The molecule has 3 rings (SSSR count). The first kappa shape index (κ1) is 21.2. The van der Waals surface area contributed by atoms with Gasteiger partial charge >= 0.3 is 6.18 Å². The minimum Gasteiger partial charge on any atom is -0.367 e. The molecule has 2 heterocycles. The summed E-state index contributed by atoms with van der Waals surface area (Å²) in [7, 11) is 3.69. The molecular formula is C20H26F3N5O. The first-order valence-corrected chi connectivity index (χ1v) is 9.50. The van der Waals surface area contributed by atoms with Crippen LogP contribution in [0.5, 0.6) is 0 Å². The second-order valence-corrected chi connectivity index (χ2v) is 7.20. The Hall–Kier alpha value is -2.55. The van der Waals surface area contributed by atoms with E-state index in [2.05, 4.69) is 31.2 Å². The number of ether oxygens (including phenoxy) is 1. The van der Waals surface area contributed by atoms with Gasteiger partial charge in [-0.1, -0.05) is 24.3 Å². The molecule has 0 amide bonds. The Labute approximate surface area is 168 Å². The molecule has 158 valence electrons. The van der Waals surface area contributed by atoms with Crippen molar-refractivity contribution in [3.8, 4) is 0 Å². The van der Waals surface area contributed by atoms with E-state index in [4.69, 9.17) is 0 Å². The lowest BCUT2D eigenvalue weighted by Gasteiger charge is -2.21. The van der Waals surface area contributed by atoms with Crippen LogP contribution in [-0.4, -0.2) is 53.6 Å². The van der Waals surface area contributed by atoms with Crippen molar-refractivity contribution in [1.82, 2.24) is 20.0 Å². The van der Waals surface area contributed by atoms with Gasteiger partial charge in [0.1, 0.15) is 6.61 Å². The lowest BCUT2D eigenvalue weighted by atomic mass is 10.0. The minimum atomic E-state index is -4.30. The molecule has 1 atom stereocenters. The number of guanidine groups is 1. The Morgan fingerprint density at radius 2 is 2.00 bits per heavy atom. The lowest BCUT2D eigenvalue weighted by molar-refractivity contribution is -0.176. The highest BCUT2D eigenvalue weighted by atomic mass is 19.4. The fourth-order valence-electron chi connectivity index (χ4n) is 3.43. The van der Waals surface area contributed by atoms with Gasteiger partial charge in [-0.05, 0) is 23.1 Å². The predicted octanol–water partition coefficient (Wildman–Crippen LogP) is 3.06. The number of aliphatic imine (C=N–C) groups is 1. The molecule has 6 nitrogen and oxygen atoms in total. The van der Waals surface area contributed by atoms with Gasteiger partial charge < -0.3 is 15.0 Å². The second-order valence-electron chi connectivity index (χ2n) is 7.20. The van der Waals surface area contributed by atoms with Crippen molar-refractivity contribution in [2.75, 3.05) is 26.7 Å². The molecule has 1 aliphatic heterocycles. The normalized spacial score (nSPS) is 17.8. The van der Waals surface area contributed by atoms with Gasteiger partial charge in [-0.3, -0.25) is 9.67 Å². The maximum Gasteiger partial charge on any atom is 0.411 e. The fourth-order valence-corrected chi connectivity index (χ4v) is 3.43. The third kappa shape index (κ3) is 6.22. The van der Waals surface area contributed by atoms with E-state index in [1.54, 1.807) is 19.2 Å². The molecule has 29 heavy (non-hydrogen) atoms. The summed E-state index contributed by atoms with van der Waals surface area (Å²) in [5.41, 5.74) is 2.98. The highest BCUT2D eigenvalue weighted by molar-refractivity contribution is 5.80. The summed E-state index contributed by atoms with van der Waals surface area (Å²) in [6.45, 7) is 1.11. The second kappa shape index (κ2) is 9.30. The Morgan fingerprint density at radius 1 is 1.28 bits per heavy atom. The summed E-state index contributed by atoms with van der Waals surface area (Å²) in [5, 5.41) is 7.62. The summed E-state index contributed by atoms with van der Waals surface area (Å²) in [4.78, 5) is 6.62. The van der Waals surface area contributed by atoms with Gasteiger partial charge in [-0.15, -0.1) is 0 Å². The molecule has 1 unspecified atom stereocenters. The molecule has 9 heteroatoms. The van der Waals surface area contributed by atoms with E-state index in [9.17, 15) is 13.2 Å². The molecule has 0 aliphatic carbocycles. The third-order valence-corrected chi connectivity index (χ3v) is 4.90. The van der Waals surface area contributed by atoms with Crippen LogP contribution in [0.2, 0.25) is 0 Å². The Bertz CT molecular complexity index is 816. The van der Waals surface area contributed by atoms with E-state index >= 15 is 0 Å². The Balaban J connectivity index is 1.47. The zero-order valence-corrected chi connectivity index (χ0v) is 16.6. The number of nitrogens with one attached hydrogen (secondary N) is 1. The van der Waals surface area contributed by atoms with Crippen molar-refractivity contribution in [2.24, 2.45) is 12.0 Å². The van der Waals surface area contributed by atoms with Crippen LogP contribution in [0, 0.1) is 0 Å². The van der Waals surface area contributed by atoms with E-state index in [1.165, 1.54) is 5.56 Å². The number of benzene rings is 1. The van der Waals surface area contributed by atoms with E-state index in [-0.39, 0.29) is 6.61 Å². The number of alkyl halides is 3. The van der Waals surface area contributed by atoms with Gasteiger partial charge in [-0.2, -0.15) is 18.3 Å². The Kier molecular flexibility index (Phi) is 6.79. The number of rotatable bonds is 6. The van der Waals surface area contributed by atoms with Gasteiger partial charge in [0.15, 0.2) is 5.96 Å². The van der Waals surface area contributed by atoms with Crippen LogP contribution in [-0.2, 0) is 24.9 Å². The van der Waals surface area contributed by atoms with Crippen LogP contribution in [0.3, 0.4) is 0 Å². The van der Waals surface area contributed by atoms with Crippen LogP contribution >= 0.6 is 0 Å². The summed E-state index contributed by atoms with van der Waals surface area (Å²) >= 11 is 0. The third-order valence-electron chi connectivity index (χ3n) is 4.90. The maximum atomic E-state index is 12.1. The lowest BCUT2D eigenvalue weighted by Crippen LogP contribution is -2.39. The van der Waals surface area contributed by atoms with Gasteiger partial charge in [0.05, 0.1) is 12.8 Å². The summed E-state index contributed by atoms with van der Waals surface area (Å²) in [6.07, 6.45) is 0.735. The molecule has 1 N–H and O–H groups in total. The largest absolute Gasteiger partial charge is 0.411 e. The van der Waals surface area contributed by atoms with Crippen molar-refractivity contribution < 1.29 is 17.9 Å². The SMILES string of the molecule is CN=C(NCc1ccc(COCC(F)(F)F)cc1)N1CCC(c2cnn(C)c2)C1. The van der Waals surface area contributed by atoms with E-state index < -0.39 is 12.8 Å².